The van der Waals surface area contributed by atoms with E-state index in [2.05, 4.69) is 46.1 Å². The molecule has 0 spiro atoms. The third-order valence-corrected chi connectivity index (χ3v) is 4.79. The predicted molar refractivity (Wildman–Crippen MR) is 92.2 cm³/mol. The summed E-state index contributed by atoms with van der Waals surface area (Å²) < 4.78 is 7.03. The monoisotopic (exact) mass is 368 g/mol. The number of aryl methyl sites for hydroxylation is 1. The Morgan fingerprint density at radius 3 is 2.86 bits per heavy atom. The number of halogens is 1. The molecule has 1 N–H and O–H groups in total. The molecule has 0 amide bonds. The number of aromatic nitrogens is 1. The summed E-state index contributed by atoms with van der Waals surface area (Å²) in [6, 6.07) is 6.62. The number of para-hydroxylation sites is 1. The highest BCUT2D eigenvalue weighted by Crippen LogP contribution is 2.29. The van der Waals surface area contributed by atoms with Crippen molar-refractivity contribution in [3.05, 3.63) is 44.3 Å². The molecule has 0 aliphatic rings. The third-order valence-electron chi connectivity index (χ3n) is 3.17. The van der Waals surface area contributed by atoms with Gasteiger partial charge in [0.2, 0.25) is 0 Å². The molecule has 0 unspecified atom stereocenters. The van der Waals surface area contributed by atoms with Gasteiger partial charge in [-0.3, -0.25) is 0 Å². The summed E-state index contributed by atoms with van der Waals surface area (Å²) in [6.45, 7) is 7.81. The summed E-state index contributed by atoms with van der Waals surface area (Å²) in [5, 5.41) is 3.43. The van der Waals surface area contributed by atoms with Gasteiger partial charge in [-0.2, -0.15) is 0 Å². The summed E-state index contributed by atoms with van der Waals surface area (Å²) in [7, 11) is 0. The molecule has 3 nitrogen and oxygen atoms in total. The van der Waals surface area contributed by atoms with Crippen LogP contribution in [0.25, 0.3) is 0 Å². The van der Waals surface area contributed by atoms with E-state index >= 15 is 0 Å². The molecule has 0 aliphatic carbocycles. The Labute approximate surface area is 138 Å². The van der Waals surface area contributed by atoms with Gasteiger partial charge in [-0.05, 0) is 28.9 Å². The molecule has 1 aromatic heterocycles. The molecule has 0 aliphatic heterocycles. The van der Waals surface area contributed by atoms with E-state index in [1.54, 1.807) is 11.3 Å². The first kappa shape index (κ1) is 16.5. The van der Waals surface area contributed by atoms with Crippen LogP contribution < -0.4 is 10.1 Å². The average Bonchev–Trinajstić information content (AvgIpc) is 2.84. The Morgan fingerprint density at radius 1 is 1.38 bits per heavy atom. The van der Waals surface area contributed by atoms with Gasteiger partial charge in [-0.15, -0.1) is 11.3 Å². The lowest BCUT2D eigenvalue weighted by Gasteiger charge is -2.15. The maximum absolute atomic E-state index is 6.02. The van der Waals surface area contributed by atoms with Gasteiger partial charge in [0, 0.05) is 29.4 Å². The van der Waals surface area contributed by atoms with Gasteiger partial charge in [-0.25, -0.2) is 4.98 Å². The van der Waals surface area contributed by atoms with Crippen LogP contribution >= 0.6 is 27.3 Å². The number of rotatable bonds is 7. The van der Waals surface area contributed by atoms with Crippen LogP contribution in [0.2, 0.25) is 0 Å². The zero-order chi connectivity index (χ0) is 15.2. The Bertz CT molecular complexity index is 583. The normalized spacial score (nSPS) is 11.1. The van der Waals surface area contributed by atoms with Gasteiger partial charge in [0.15, 0.2) is 0 Å². The standard InChI is InChI=1S/C16H21BrN2OS/c1-11(2)18-9-13-5-4-6-14(17)16(13)20-8-7-15-12(3)19-10-21-15/h4-6,10-11,18H,7-9H2,1-3H3. The summed E-state index contributed by atoms with van der Waals surface area (Å²) in [4.78, 5) is 5.57. The van der Waals surface area contributed by atoms with Gasteiger partial charge < -0.3 is 10.1 Å². The highest BCUT2D eigenvalue weighted by molar-refractivity contribution is 9.10. The number of hydrogen-bond acceptors (Lipinski definition) is 4. The van der Waals surface area contributed by atoms with Crippen LogP contribution in [0.4, 0.5) is 0 Å². The molecule has 0 saturated heterocycles. The molecule has 0 saturated carbocycles. The van der Waals surface area contributed by atoms with E-state index in [0.717, 1.165) is 28.9 Å². The zero-order valence-electron chi connectivity index (χ0n) is 12.6. The van der Waals surface area contributed by atoms with E-state index in [9.17, 15) is 0 Å². The molecule has 0 radical (unpaired) electrons. The Hall–Kier alpha value is -0.910. The lowest BCUT2D eigenvalue weighted by Crippen LogP contribution is -2.22. The van der Waals surface area contributed by atoms with E-state index < -0.39 is 0 Å². The minimum Gasteiger partial charge on any atom is -0.492 e. The number of nitrogens with one attached hydrogen (secondary N) is 1. The molecule has 2 aromatic rings. The maximum atomic E-state index is 6.02. The summed E-state index contributed by atoms with van der Waals surface area (Å²) in [5.74, 6) is 0.938. The van der Waals surface area contributed by atoms with Gasteiger partial charge in [-0.1, -0.05) is 26.0 Å². The Morgan fingerprint density at radius 2 is 2.19 bits per heavy atom. The average molecular weight is 369 g/mol. The molecule has 2 rings (SSSR count). The van der Waals surface area contributed by atoms with Gasteiger partial charge in [0.25, 0.3) is 0 Å². The smallest absolute Gasteiger partial charge is 0.137 e. The molecule has 0 bridgehead atoms. The van der Waals surface area contributed by atoms with Crippen molar-refractivity contribution in [2.45, 2.75) is 39.8 Å². The zero-order valence-corrected chi connectivity index (χ0v) is 15.1. The molecular weight excluding hydrogens is 348 g/mol. The molecule has 114 valence electrons. The molecular formula is C16H21BrN2OS. The highest BCUT2D eigenvalue weighted by Gasteiger charge is 2.09. The van der Waals surface area contributed by atoms with Gasteiger partial charge >= 0.3 is 0 Å². The maximum Gasteiger partial charge on any atom is 0.137 e. The van der Waals surface area contributed by atoms with Crippen molar-refractivity contribution in [2.24, 2.45) is 0 Å². The van der Waals surface area contributed by atoms with E-state index in [4.69, 9.17) is 4.74 Å². The summed E-state index contributed by atoms with van der Waals surface area (Å²) in [6.07, 6.45) is 0.898. The topological polar surface area (TPSA) is 34.1 Å². The number of benzene rings is 1. The Kier molecular flexibility index (Phi) is 6.21. The highest BCUT2D eigenvalue weighted by atomic mass is 79.9. The lowest BCUT2D eigenvalue weighted by molar-refractivity contribution is 0.316. The molecule has 21 heavy (non-hydrogen) atoms. The van der Waals surface area contributed by atoms with Crippen LogP contribution in [0.1, 0.15) is 30.0 Å². The van der Waals surface area contributed by atoms with Crippen LogP contribution in [0.5, 0.6) is 5.75 Å². The molecule has 0 atom stereocenters. The second-order valence-corrected chi connectivity index (χ2v) is 7.02. The fourth-order valence-electron chi connectivity index (χ4n) is 1.98. The molecule has 1 aromatic carbocycles. The van der Waals surface area contributed by atoms with Crippen molar-refractivity contribution < 1.29 is 4.74 Å². The first-order chi connectivity index (χ1) is 10.1. The first-order valence-corrected chi connectivity index (χ1v) is 8.77. The van der Waals surface area contributed by atoms with Gasteiger partial charge in [0.05, 0.1) is 22.3 Å². The van der Waals surface area contributed by atoms with Crippen LogP contribution in [-0.4, -0.2) is 17.6 Å². The Balaban J connectivity index is 1.99. The minimum atomic E-state index is 0.455. The second-order valence-electron chi connectivity index (χ2n) is 5.22. The second kappa shape index (κ2) is 7.92. The van der Waals surface area contributed by atoms with Crippen molar-refractivity contribution in [3.63, 3.8) is 0 Å². The third kappa shape index (κ3) is 4.80. The summed E-state index contributed by atoms with van der Waals surface area (Å²) >= 11 is 5.28. The largest absolute Gasteiger partial charge is 0.492 e. The van der Waals surface area contributed by atoms with E-state index in [1.807, 2.05) is 24.6 Å². The molecule has 0 fully saturated rings. The van der Waals surface area contributed by atoms with E-state index in [-0.39, 0.29) is 0 Å². The summed E-state index contributed by atoms with van der Waals surface area (Å²) in [5.41, 5.74) is 4.18. The quantitative estimate of drug-likeness (QED) is 0.789. The van der Waals surface area contributed by atoms with Crippen LogP contribution in [-0.2, 0) is 13.0 Å². The molecule has 1 heterocycles. The molecule has 5 heteroatoms. The van der Waals surface area contributed by atoms with Crippen LogP contribution in [0.15, 0.2) is 28.2 Å². The number of nitrogens with zero attached hydrogens (tertiary/aromatic N) is 1. The predicted octanol–water partition coefficient (Wildman–Crippen LogP) is 4.33. The van der Waals surface area contributed by atoms with Crippen molar-refractivity contribution in [3.8, 4) is 5.75 Å². The van der Waals surface area contributed by atoms with Crippen LogP contribution in [0.3, 0.4) is 0 Å². The number of thiazole rings is 1. The van der Waals surface area contributed by atoms with Crippen LogP contribution in [0, 0.1) is 6.92 Å². The minimum absolute atomic E-state index is 0.455. The lowest BCUT2D eigenvalue weighted by atomic mass is 10.2. The van der Waals surface area contributed by atoms with E-state index in [0.29, 0.717) is 12.6 Å². The van der Waals surface area contributed by atoms with Crippen molar-refractivity contribution in [2.75, 3.05) is 6.61 Å². The first-order valence-electron chi connectivity index (χ1n) is 7.10. The fourth-order valence-corrected chi connectivity index (χ4v) is 3.26. The number of ether oxygens (including phenoxy) is 1. The van der Waals surface area contributed by atoms with Crippen molar-refractivity contribution in [1.82, 2.24) is 10.3 Å². The van der Waals surface area contributed by atoms with Crippen molar-refractivity contribution in [1.29, 1.82) is 0 Å². The van der Waals surface area contributed by atoms with E-state index in [1.165, 1.54) is 10.4 Å². The SMILES string of the molecule is Cc1ncsc1CCOc1c(Br)cccc1CNC(C)C. The van der Waals surface area contributed by atoms with Crippen molar-refractivity contribution >= 4 is 27.3 Å². The fraction of sp³-hybridized carbons (Fsp3) is 0.438. The number of hydrogen-bond donors (Lipinski definition) is 1. The van der Waals surface area contributed by atoms with Gasteiger partial charge in [0.1, 0.15) is 5.75 Å².